The maximum atomic E-state index is 13.4. The van der Waals surface area contributed by atoms with E-state index in [1.165, 1.54) is 6.07 Å². The SMILES string of the molecule is CC(C)CCCCNc1c(N)ccc(F)c1F. The van der Waals surface area contributed by atoms with Gasteiger partial charge < -0.3 is 11.1 Å². The molecule has 0 aliphatic carbocycles. The van der Waals surface area contributed by atoms with Crippen molar-refractivity contribution in [1.82, 2.24) is 0 Å². The molecule has 1 rings (SSSR count). The van der Waals surface area contributed by atoms with Crippen molar-refractivity contribution < 1.29 is 8.78 Å². The van der Waals surface area contributed by atoms with Crippen molar-refractivity contribution in [3.05, 3.63) is 23.8 Å². The van der Waals surface area contributed by atoms with E-state index >= 15 is 0 Å². The molecule has 96 valence electrons. The van der Waals surface area contributed by atoms with E-state index in [2.05, 4.69) is 19.2 Å². The minimum Gasteiger partial charge on any atom is -0.397 e. The third kappa shape index (κ3) is 4.21. The molecule has 17 heavy (non-hydrogen) atoms. The predicted molar refractivity (Wildman–Crippen MR) is 67.9 cm³/mol. The molecule has 1 aromatic rings. The van der Waals surface area contributed by atoms with Gasteiger partial charge >= 0.3 is 0 Å². The summed E-state index contributed by atoms with van der Waals surface area (Å²) in [6.45, 7) is 4.94. The molecule has 0 aliphatic heterocycles. The minimum absolute atomic E-state index is 0.0783. The monoisotopic (exact) mass is 242 g/mol. The first-order chi connectivity index (χ1) is 8.02. The minimum atomic E-state index is -0.895. The average Bonchev–Trinajstić information content (AvgIpc) is 2.27. The molecule has 4 heteroatoms. The highest BCUT2D eigenvalue weighted by Gasteiger charge is 2.10. The van der Waals surface area contributed by atoms with Crippen LogP contribution in [0.1, 0.15) is 33.1 Å². The Kier molecular flexibility index (Phi) is 5.19. The summed E-state index contributed by atoms with van der Waals surface area (Å²) < 4.78 is 26.4. The first-order valence-electron chi connectivity index (χ1n) is 5.99. The molecule has 0 radical (unpaired) electrons. The van der Waals surface area contributed by atoms with Gasteiger partial charge in [0, 0.05) is 6.54 Å². The van der Waals surface area contributed by atoms with Crippen LogP contribution < -0.4 is 11.1 Å². The number of anilines is 2. The molecule has 0 saturated carbocycles. The highest BCUT2D eigenvalue weighted by Crippen LogP contribution is 2.24. The molecule has 0 bridgehead atoms. The van der Waals surface area contributed by atoms with E-state index in [0.717, 1.165) is 25.3 Å². The largest absolute Gasteiger partial charge is 0.397 e. The summed E-state index contributed by atoms with van der Waals surface area (Å²) in [7, 11) is 0. The molecule has 0 aliphatic rings. The van der Waals surface area contributed by atoms with E-state index in [1.54, 1.807) is 0 Å². The number of benzene rings is 1. The third-order valence-electron chi connectivity index (χ3n) is 2.64. The molecule has 0 heterocycles. The molecular formula is C13H20F2N2. The van der Waals surface area contributed by atoms with Crippen LogP contribution in [0.25, 0.3) is 0 Å². The van der Waals surface area contributed by atoms with Crippen LogP contribution in [0, 0.1) is 17.6 Å². The van der Waals surface area contributed by atoms with Gasteiger partial charge in [0.1, 0.15) is 0 Å². The fourth-order valence-corrected chi connectivity index (χ4v) is 1.64. The van der Waals surface area contributed by atoms with Gasteiger partial charge in [0.2, 0.25) is 0 Å². The van der Waals surface area contributed by atoms with Crippen molar-refractivity contribution in [1.29, 1.82) is 0 Å². The summed E-state index contributed by atoms with van der Waals surface area (Å²) in [6.07, 6.45) is 3.14. The molecule has 0 saturated heterocycles. The zero-order valence-corrected chi connectivity index (χ0v) is 10.4. The Hall–Kier alpha value is -1.32. The second-order valence-electron chi connectivity index (χ2n) is 4.64. The fourth-order valence-electron chi connectivity index (χ4n) is 1.64. The maximum absolute atomic E-state index is 13.4. The van der Waals surface area contributed by atoms with Crippen molar-refractivity contribution in [2.45, 2.75) is 33.1 Å². The molecule has 0 spiro atoms. The number of hydrogen-bond acceptors (Lipinski definition) is 2. The Labute approximate surface area is 101 Å². The van der Waals surface area contributed by atoms with E-state index in [4.69, 9.17) is 5.73 Å². The number of rotatable bonds is 6. The van der Waals surface area contributed by atoms with Crippen LogP contribution in [0.5, 0.6) is 0 Å². The van der Waals surface area contributed by atoms with Gasteiger partial charge in [-0.25, -0.2) is 8.78 Å². The van der Waals surface area contributed by atoms with Gasteiger partial charge in [0.05, 0.1) is 11.4 Å². The second-order valence-corrected chi connectivity index (χ2v) is 4.64. The molecule has 0 aromatic heterocycles. The highest BCUT2D eigenvalue weighted by atomic mass is 19.2. The van der Waals surface area contributed by atoms with Crippen LogP contribution in [0.15, 0.2) is 12.1 Å². The van der Waals surface area contributed by atoms with Crippen molar-refractivity contribution in [2.24, 2.45) is 5.92 Å². The molecule has 2 nitrogen and oxygen atoms in total. The lowest BCUT2D eigenvalue weighted by atomic mass is 10.1. The van der Waals surface area contributed by atoms with Crippen LogP contribution in [0.4, 0.5) is 20.2 Å². The Morgan fingerprint density at radius 2 is 1.94 bits per heavy atom. The maximum Gasteiger partial charge on any atom is 0.183 e. The number of hydrogen-bond donors (Lipinski definition) is 2. The van der Waals surface area contributed by atoms with E-state index in [-0.39, 0.29) is 11.4 Å². The van der Waals surface area contributed by atoms with Gasteiger partial charge in [0.25, 0.3) is 0 Å². The van der Waals surface area contributed by atoms with Gasteiger partial charge in [-0.1, -0.05) is 26.7 Å². The molecular weight excluding hydrogens is 222 g/mol. The molecule has 0 amide bonds. The Morgan fingerprint density at radius 1 is 1.24 bits per heavy atom. The summed E-state index contributed by atoms with van der Waals surface area (Å²) in [6, 6.07) is 2.41. The third-order valence-corrected chi connectivity index (χ3v) is 2.64. The van der Waals surface area contributed by atoms with E-state index in [0.29, 0.717) is 12.5 Å². The summed E-state index contributed by atoms with van der Waals surface area (Å²) in [5.74, 6) is -1.09. The predicted octanol–water partition coefficient (Wildman–Crippen LogP) is 3.79. The Morgan fingerprint density at radius 3 is 2.59 bits per heavy atom. The molecule has 0 atom stereocenters. The van der Waals surface area contributed by atoms with Crippen LogP contribution >= 0.6 is 0 Å². The van der Waals surface area contributed by atoms with Crippen LogP contribution in [-0.2, 0) is 0 Å². The van der Waals surface area contributed by atoms with Gasteiger partial charge in [0.15, 0.2) is 11.6 Å². The van der Waals surface area contributed by atoms with Crippen LogP contribution in [-0.4, -0.2) is 6.54 Å². The first-order valence-corrected chi connectivity index (χ1v) is 5.99. The fraction of sp³-hybridized carbons (Fsp3) is 0.538. The Bertz CT molecular complexity index is 365. The van der Waals surface area contributed by atoms with E-state index < -0.39 is 11.6 Å². The first kappa shape index (κ1) is 13.7. The lowest BCUT2D eigenvalue weighted by Gasteiger charge is -2.11. The van der Waals surface area contributed by atoms with Crippen molar-refractivity contribution in [3.8, 4) is 0 Å². The van der Waals surface area contributed by atoms with Gasteiger partial charge in [-0.2, -0.15) is 0 Å². The standard InChI is InChI=1S/C13H20F2N2/c1-9(2)5-3-4-8-17-13-11(16)7-6-10(14)12(13)15/h6-7,9,17H,3-5,8,16H2,1-2H3. The number of unbranched alkanes of at least 4 members (excludes halogenated alkanes) is 1. The number of nitrogens with one attached hydrogen (secondary N) is 1. The van der Waals surface area contributed by atoms with E-state index in [1.807, 2.05) is 0 Å². The number of nitrogens with two attached hydrogens (primary N) is 1. The summed E-state index contributed by atoms with van der Waals surface area (Å²) in [5.41, 5.74) is 5.91. The zero-order chi connectivity index (χ0) is 12.8. The van der Waals surface area contributed by atoms with Crippen LogP contribution in [0.3, 0.4) is 0 Å². The van der Waals surface area contributed by atoms with Gasteiger partial charge in [-0.05, 0) is 24.5 Å². The van der Waals surface area contributed by atoms with Crippen molar-refractivity contribution in [2.75, 3.05) is 17.6 Å². The summed E-state index contributed by atoms with van der Waals surface area (Å²) in [5, 5.41) is 2.86. The molecule has 0 unspecified atom stereocenters. The normalized spacial score (nSPS) is 10.9. The summed E-state index contributed by atoms with van der Waals surface area (Å²) >= 11 is 0. The second kappa shape index (κ2) is 6.42. The van der Waals surface area contributed by atoms with E-state index in [9.17, 15) is 8.78 Å². The highest BCUT2D eigenvalue weighted by molar-refractivity contribution is 5.66. The summed E-state index contributed by atoms with van der Waals surface area (Å²) in [4.78, 5) is 0. The van der Waals surface area contributed by atoms with Crippen LogP contribution in [0.2, 0.25) is 0 Å². The number of halogens is 2. The number of nitrogen functional groups attached to an aromatic ring is 1. The van der Waals surface area contributed by atoms with Gasteiger partial charge in [-0.3, -0.25) is 0 Å². The quantitative estimate of drug-likeness (QED) is 0.588. The topological polar surface area (TPSA) is 38.0 Å². The molecule has 1 aromatic carbocycles. The lowest BCUT2D eigenvalue weighted by Crippen LogP contribution is -2.07. The lowest BCUT2D eigenvalue weighted by molar-refractivity contribution is 0.510. The Balaban J connectivity index is 2.44. The molecule has 0 fully saturated rings. The van der Waals surface area contributed by atoms with Crippen molar-refractivity contribution >= 4 is 11.4 Å². The molecule has 3 N–H and O–H groups in total. The van der Waals surface area contributed by atoms with Gasteiger partial charge in [-0.15, -0.1) is 0 Å². The zero-order valence-electron chi connectivity index (χ0n) is 10.4. The average molecular weight is 242 g/mol. The van der Waals surface area contributed by atoms with Crippen molar-refractivity contribution in [3.63, 3.8) is 0 Å². The smallest absolute Gasteiger partial charge is 0.183 e.